The number of aliphatic hydroxyl groups excluding tert-OH is 1. The lowest BCUT2D eigenvalue weighted by Crippen LogP contribution is -2.32. The van der Waals surface area contributed by atoms with Crippen LogP contribution in [-0.4, -0.2) is 43.1 Å². The second-order valence-electron chi connectivity index (χ2n) is 6.43. The Balaban J connectivity index is 2.12. The third-order valence-electron chi connectivity index (χ3n) is 4.39. The van der Waals surface area contributed by atoms with Gasteiger partial charge in [0.25, 0.3) is 6.71 Å². The predicted molar refractivity (Wildman–Crippen MR) is 125 cm³/mol. The van der Waals surface area contributed by atoms with Crippen LogP contribution in [0.25, 0.3) is 0 Å². The molecule has 0 saturated carbocycles. The molecule has 0 spiro atoms. The number of fused-ring (bicyclic) bond motifs is 1. The monoisotopic (exact) mass is 414 g/mol. The topological polar surface area (TPSA) is 85.6 Å². The second kappa shape index (κ2) is 11.9. The van der Waals surface area contributed by atoms with E-state index in [1.165, 1.54) is 16.7 Å². The summed E-state index contributed by atoms with van der Waals surface area (Å²) in [4.78, 5) is 8.79. The largest absolute Gasteiger partial charge is 0.397 e. The van der Waals surface area contributed by atoms with Gasteiger partial charge in [-0.1, -0.05) is 31.3 Å². The van der Waals surface area contributed by atoms with Crippen molar-refractivity contribution in [1.29, 1.82) is 5.26 Å². The Hall–Kier alpha value is -1.82. The molecule has 0 amide bonds. The number of rotatable bonds is 10. The highest BCUT2D eigenvalue weighted by molar-refractivity contribution is 8.06. The van der Waals surface area contributed by atoms with Crippen LogP contribution in [0.3, 0.4) is 0 Å². The minimum atomic E-state index is -0.114. The van der Waals surface area contributed by atoms with Crippen molar-refractivity contribution in [2.75, 3.05) is 30.3 Å². The number of nitrogens with zero attached hydrogens (tertiary/aromatic N) is 3. The second-order valence-corrected chi connectivity index (χ2v) is 8.57. The molecule has 0 aromatic heterocycles. The van der Waals surface area contributed by atoms with E-state index in [-0.39, 0.29) is 13.3 Å². The first-order chi connectivity index (χ1) is 13.6. The summed E-state index contributed by atoms with van der Waals surface area (Å²) in [5.74, 6) is 3.73. The Bertz CT molecular complexity index is 776. The van der Waals surface area contributed by atoms with Crippen LogP contribution in [0.4, 0.5) is 11.4 Å². The molecule has 1 aromatic rings. The summed E-state index contributed by atoms with van der Waals surface area (Å²) < 4.78 is 0. The number of nitrogens with two attached hydrogens (primary N) is 1. The molecule has 0 saturated heterocycles. The van der Waals surface area contributed by atoms with Crippen LogP contribution in [0.2, 0.25) is 12.6 Å². The number of nitriles is 1. The maximum atomic E-state index is 9.22. The Morgan fingerprint density at radius 3 is 3.07 bits per heavy atom. The Kier molecular flexibility index (Phi) is 9.55. The number of thioether (sulfide) groups is 2. The highest BCUT2D eigenvalue weighted by atomic mass is 32.2. The van der Waals surface area contributed by atoms with Crippen LogP contribution in [0.15, 0.2) is 51.1 Å². The van der Waals surface area contributed by atoms with Crippen molar-refractivity contribution in [3.8, 4) is 5.97 Å². The van der Waals surface area contributed by atoms with Gasteiger partial charge in [-0.3, -0.25) is 0 Å². The van der Waals surface area contributed by atoms with Crippen molar-refractivity contribution in [3.05, 3.63) is 41.2 Å². The SMILES string of the molecule is C=C(S/C=C\CC)C(N)=Nc1ccc2c(c1)N(CCB(C#N)CCO)CCS2. The summed E-state index contributed by atoms with van der Waals surface area (Å²) in [7, 11) is 0. The van der Waals surface area contributed by atoms with Crippen molar-refractivity contribution in [2.45, 2.75) is 30.9 Å². The van der Waals surface area contributed by atoms with Gasteiger partial charge in [-0.05, 0) is 42.7 Å². The van der Waals surface area contributed by atoms with Gasteiger partial charge in [0.15, 0.2) is 0 Å². The number of hydrogen-bond acceptors (Lipinski definition) is 6. The van der Waals surface area contributed by atoms with E-state index in [1.54, 1.807) is 0 Å². The number of amidine groups is 1. The van der Waals surface area contributed by atoms with E-state index < -0.39 is 0 Å². The molecule has 5 nitrogen and oxygen atoms in total. The first-order valence-corrected chi connectivity index (χ1v) is 11.3. The smallest absolute Gasteiger partial charge is 0.271 e. The molecule has 1 aliphatic heterocycles. The third-order valence-corrected chi connectivity index (χ3v) is 6.25. The quantitative estimate of drug-likeness (QED) is 0.337. The fourth-order valence-corrected chi connectivity index (χ4v) is 4.44. The van der Waals surface area contributed by atoms with Gasteiger partial charge in [-0.2, -0.15) is 0 Å². The average Bonchev–Trinajstić information content (AvgIpc) is 2.71. The summed E-state index contributed by atoms with van der Waals surface area (Å²) in [5, 5.41) is 20.3. The number of anilines is 1. The Morgan fingerprint density at radius 1 is 1.54 bits per heavy atom. The molecule has 0 aliphatic carbocycles. The molecule has 28 heavy (non-hydrogen) atoms. The molecule has 1 aromatic carbocycles. The molecule has 0 radical (unpaired) electrons. The molecule has 1 aliphatic rings. The highest BCUT2D eigenvalue weighted by Gasteiger charge is 2.20. The molecule has 2 rings (SSSR count). The average molecular weight is 414 g/mol. The van der Waals surface area contributed by atoms with E-state index in [2.05, 4.69) is 47.6 Å². The number of allylic oxidation sites excluding steroid dienone is 1. The summed E-state index contributed by atoms with van der Waals surface area (Å²) >= 11 is 3.31. The summed E-state index contributed by atoms with van der Waals surface area (Å²) in [6, 6.07) is 6.12. The fourth-order valence-electron chi connectivity index (χ4n) is 2.79. The van der Waals surface area contributed by atoms with Gasteiger partial charge >= 0.3 is 0 Å². The van der Waals surface area contributed by atoms with Crippen molar-refractivity contribution < 1.29 is 5.11 Å². The standard InChI is InChI=1S/C20H27BN4OS2/c1-3-4-12-27-16(2)20(23)24-17-5-6-19-18(14-17)25(10-13-28-19)9-7-21(15-22)8-11-26/h4-6,12,14,26H,2-3,7-11,13H2,1H3,(H2,23,24)/b12-4-. The van der Waals surface area contributed by atoms with Crippen molar-refractivity contribution in [3.63, 3.8) is 0 Å². The molecule has 148 valence electrons. The van der Waals surface area contributed by atoms with E-state index in [0.717, 1.165) is 47.9 Å². The summed E-state index contributed by atoms with van der Waals surface area (Å²) in [6.45, 7) is 7.73. The molecular weight excluding hydrogens is 387 g/mol. The van der Waals surface area contributed by atoms with E-state index in [4.69, 9.17) is 10.8 Å². The van der Waals surface area contributed by atoms with Gasteiger partial charge in [-0.15, -0.1) is 11.8 Å². The van der Waals surface area contributed by atoms with Crippen molar-refractivity contribution in [2.24, 2.45) is 10.7 Å². The highest BCUT2D eigenvalue weighted by Crippen LogP contribution is 2.37. The maximum absolute atomic E-state index is 9.22. The first-order valence-electron chi connectivity index (χ1n) is 9.46. The molecule has 8 heteroatoms. The zero-order valence-corrected chi connectivity index (χ0v) is 17.9. The normalized spacial score (nSPS) is 14.0. The van der Waals surface area contributed by atoms with Crippen LogP contribution < -0.4 is 10.6 Å². The minimum absolute atomic E-state index is 0.0537. The zero-order chi connectivity index (χ0) is 20.4. The summed E-state index contributed by atoms with van der Waals surface area (Å²) in [5.41, 5.74) is 8.05. The summed E-state index contributed by atoms with van der Waals surface area (Å²) in [6.07, 6.45) is 4.30. The molecule has 0 fully saturated rings. The lowest BCUT2D eigenvalue weighted by molar-refractivity contribution is 0.317. The maximum Gasteiger partial charge on any atom is 0.271 e. The van der Waals surface area contributed by atoms with Crippen molar-refractivity contribution in [1.82, 2.24) is 0 Å². The van der Waals surface area contributed by atoms with Gasteiger partial charge < -0.3 is 15.7 Å². The Labute approximate surface area is 176 Å². The van der Waals surface area contributed by atoms with Gasteiger partial charge in [0.05, 0.1) is 11.4 Å². The first kappa shape index (κ1) is 22.5. The van der Waals surface area contributed by atoms with Gasteiger partial charge in [0.1, 0.15) is 5.84 Å². The lowest BCUT2D eigenvalue weighted by atomic mass is 9.46. The van der Waals surface area contributed by atoms with Crippen LogP contribution >= 0.6 is 23.5 Å². The third kappa shape index (κ3) is 6.66. The molecule has 0 bridgehead atoms. The lowest BCUT2D eigenvalue weighted by Gasteiger charge is -2.31. The van der Waals surface area contributed by atoms with Gasteiger partial charge in [0, 0.05) is 41.2 Å². The Morgan fingerprint density at radius 2 is 2.36 bits per heavy atom. The number of aliphatic hydroxyl groups is 1. The molecule has 0 atom stereocenters. The van der Waals surface area contributed by atoms with E-state index in [0.29, 0.717) is 12.2 Å². The molecule has 0 unspecified atom stereocenters. The molecule has 3 N–H and O–H groups in total. The van der Waals surface area contributed by atoms with Crippen LogP contribution in [0.5, 0.6) is 0 Å². The number of benzene rings is 1. The zero-order valence-electron chi connectivity index (χ0n) is 16.3. The number of aliphatic imine (C=N–C) groups is 1. The van der Waals surface area contributed by atoms with Gasteiger partial charge in [0.2, 0.25) is 0 Å². The minimum Gasteiger partial charge on any atom is -0.397 e. The fraction of sp³-hybridized carbons (Fsp3) is 0.400. The molecular formula is C20H27BN4OS2. The van der Waals surface area contributed by atoms with Crippen molar-refractivity contribution >= 4 is 47.4 Å². The van der Waals surface area contributed by atoms with E-state index >= 15 is 0 Å². The molecule has 1 heterocycles. The van der Waals surface area contributed by atoms with Gasteiger partial charge in [-0.25, -0.2) is 10.3 Å². The van der Waals surface area contributed by atoms with E-state index in [1.807, 2.05) is 23.2 Å². The number of hydrogen-bond donors (Lipinski definition) is 2. The van der Waals surface area contributed by atoms with Crippen LogP contribution in [-0.2, 0) is 0 Å². The van der Waals surface area contributed by atoms with E-state index in [9.17, 15) is 5.26 Å². The van der Waals surface area contributed by atoms with Crippen LogP contribution in [0.1, 0.15) is 13.3 Å². The van der Waals surface area contributed by atoms with Crippen LogP contribution in [0, 0.1) is 11.2 Å². The predicted octanol–water partition coefficient (Wildman–Crippen LogP) is 4.31.